The van der Waals surface area contributed by atoms with Crippen LogP contribution < -0.4 is 0 Å². The number of aryl methyl sites for hydroxylation is 1. The molecule has 0 saturated heterocycles. The Hall–Kier alpha value is -4.30. The van der Waals surface area contributed by atoms with Gasteiger partial charge in [-0.05, 0) is 37.3 Å². The Morgan fingerprint density at radius 3 is 2.39 bits per heavy atom. The number of nitrogens with one attached hydrogen (secondary N) is 1. The Bertz CT molecular complexity index is 1550. The molecular formula is C28H26N6OS. The zero-order valence-corrected chi connectivity index (χ0v) is 20.9. The molecule has 8 heteroatoms. The topological polar surface area (TPSA) is 71.7 Å². The van der Waals surface area contributed by atoms with Crippen molar-refractivity contribution in [2.45, 2.75) is 20.0 Å². The number of H-pyrrole nitrogens is 1. The van der Waals surface area contributed by atoms with Gasteiger partial charge in [-0.1, -0.05) is 72.3 Å². The van der Waals surface area contributed by atoms with Crippen molar-refractivity contribution in [3.05, 3.63) is 107 Å². The van der Waals surface area contributed by atoms with Gasteiger partial charge in [0.05, 0.1) is 11.4 Å². The van der Waals surface area contributed by atoms with Crippen LogP contribution in [0.4, 0.5) is 0 Å². The summed E-state index contributed by atoms with van der Waals surface area (Å²) in [6.07, 6.45) is 1.99. The lowest BCUT2D eigenvalue weighted by atomic mass is 10.1. The van der Waals surface area contributed by atoms with Crippen molar-refractivity contribution in [2.24, 2.45) is 0 Å². The fourth-order valence-corrected chi connectivity index (χ4v) is 4.34. The summed E-state index contributed by atoms with van der Waals surface area (Å²) in [7, 11) is 1.80. The number of aromatic amines is 1. The van der Waals surface area contributed by atoms with Gasteiger partial charge in [-0.15, -0.1) is 0 Å². The number of hydrogen-bond donors (Lipinski definition) is 1. The molecule has 0 aliphatic heterocycles. The van der Waals surface area contributed by atoms with E-state index in [1.54, 1.807) is 16.5 Å². The summed E-state index contributed by atoms with van der Waals surface area (Å²) in [5, 5.41) is 12.1. The standard InChI is InChI=1S/C28H26N6OS/c1-20-10-9-13-22(16-20)27-29-30-28(36)33(27)19-25(35)32(2)17-23-18-34(24-14-7-4-8-15-24)31-26(23)21-11-5-3-6-12-21/h3-16,18H,17,19H2,1-2H3,(H,30,36). The minimum absolute atomic E-state index is 0.0760. The first-order valence-corrected chi connectivity index (χ1v) is 12.1. The second kappa shape index (κ2) is 10.1. The average molecular weight is 495 g/mol. The number of aromatic nitrogens is 5. The molecule has 2 aromatic heterocycles. The van der Waals surface area contributed by atoms with Crippen molar-refractivity contribution in [3.8, 4) is 28.3 Å². The maximum atomic E-state index is 13.3. The highest BCUT2D eigenvalue weighted by atomic mass is 32.1. The van der Waals surface area contributed by atoms with Crippen LogP contribution in [0.5, 0.6) is 0 Å². The molecule has 0 aliphatic carbocycles. The van der Waals surface area contributed by atoms with Crippen LogP contribution in [-0.4, -0.2) is 42.4 Å². The molecule has 5 aromatic rings. The fourth-order valence-electron chi connectivity index (χ4n) is 4.15. The molecule has 0 bridgehead atoms. The van der Waals surface area contributed by atoms with Gasteiger partial charge >= 0.3 is 0 Å². The van der Waals surface area contributed by atoms with E-state index in [1.165, 1.54) is 0 Å². The van der Waals surface area contributed by atoms with Crippen LogP contribution in [0, 0.1) is 11.7 Å². The first-order valence-electron chi connectivity index (χ1n) is 11.6. The number of amides is 1. The molecule has 0 atom stereocenters. The van der Waals surface area contributed by atoms with E-state index < -0.39 is 0 Å². The Kier molecular flexibility index (Phi) is 6.60. The minimum atomic E-state index is -0.0760. The highest BCUT2D eigenvalue weighted by Crippen LogP contribution is 2.25. The van der Waals surface area contributed by atoms with Gasteiger partial charge < -0.3 is 4.90 Å². The summed E-state index contributed by atoms with van der Waals surface area (Å²) in [4.78, 5) is 15.0. The van der Waals surface area contributed by atoms with Crippen LogP contribution >= 0.6 is 12.2 Å². The van der Waals surface area contributed by atoms with E-state index in [-0.39, 0.29) is 12.5 Å². The van der Waals surface area contributed by atoms with Gasteiger partial charge in [0.1, 0.15) is 6.54 Å². The zero-order valence-electron chi connectivity index (χ0n) is 20.1. The largest absolute Gasteiger partial charge is 0.340 e. The van der Waals surface area contributed by atoms with Gasteiger partial charge in [0.2, 0.25) is 5.91 Å². The predicted octanol–water partition coefficient (Wildman–Crippen LogP) is 5.43. The molecule has 0 aliphatic rings. The smallest absolute Gasteiger partial charge is 0.242 e. The molecular weight excluding hydrogens is 468 g/mol. The number of carbonyl (C=O) groups excluding carboxylic acids is 1. The van der Waals surface area contributed by atoms with Crippen LogP contribution in [-0.2, 0) is 17.9 Å². The third-order valence-corrected chi connectivity index (χ3v) is 6.33. The number of nitrogens with zero attached hydrogens (tertiary/aromatic N) is 5. The van der Waals surface area contributed by atoms with Gasteiger partial charge in [-0.3, -0.25) is 14.5 Å². The monoisotopic (exact) mass is 494 g/mol. The summed E-state index contributed by atoms with van der Waals surface area (Å²) in [5.41, 5.74) is 5.79. The fraction of sp³-hybridized carbons (Fsp3) is 0.143. The molecule has 1 N–H and O–H groups in total. The van der Waals surface area contributed by atoms with Crippen molar-refractivity contribution in [1.82, 2.24) is 29.4 Å². The average Bonchev–Trinajstić information content (AvgIpc) is 3.48. The van der Waals surface area contributed by atoms with Crippen LogP contribution in [0.1, 0.15) is 11.1 Å². The third kappa shape index (κ3) is 4.89. The van der Waals surface area contributed by atoms with Gasteiger partial charge in [-0.25, -0.2) is 4.68 Å². The molecule has 0 radical (unpaired) electrons. The maximum absolute atomic E-state index is 13.3. The van der Waals surface area contributed by atoms with E-state index in [0.29, 0.717) is 17.1 Å². The lowest BCUT2D eigenvalue weighted by Gasteiger charge is -2.18. The van der Waals surface area contributed by atoms with Crippen molar-refractivity contribution in [3.63, 3.8) is 0 Å². The zero-order chi connectivity index (χ0) is 25.1. The molecule has 7 nitrogen and oxygen atoms in total. The summed E-state index contributed by atoms with van der Waals surface area (Å²) >= 11 is 5.44. The first-order chi connectivity index (χ1) is 17.5. The van der Waals surface area contributed by atoms with Crippen molar-refractivity contribution >= 4 is 18.1 Å². The van der Waals surface area contributed by atoms with E-state index >= 15 is 0 Å². The van der Waals surface area contributed by atoms with Crippen LogP contribution in [0.25, 0.3) is 28.3 Å². The Morgan fingerprint density at radius 2 is 1.67 bits per heavy atom. The summed E-state index contributed by atoms with van der Waals surface area (Å²) in [6, 6.07) is 28.0. The Morgan fingerprint density at radius 1 is 0.972 bits per heavy atom. The predicted molar refractivity (Wildman–Crippen MR) is 143 cm³/mol. The Labute approximate surface area is 214 Å². The second-order valence-electron chi connectivity index (χ2n) is 8.71. The van der Waals surface area contributed by atoms with E-state index in [2.05, 4.69) is 10.2 Å². The van der Waals surface area contributed by atoms with Crippen LogP contribution in [0.15, 0.2) is 91.1 Å². The van der Waals surface area contributed by atoms with Crippen LogP contribution in [0.2, 0.25) is 0 Å². The minimum Gasteiger partial charge on any atom is -0.340 e. The van der Waals surface area contributed by atoms with E-state index in [4.69, 9.17) is 17.3 Å². The molecule has 3 aromatic carbocycles. The molecule has 1 amide bonds. The number of para-hydroxylation sites is 1. The maximum Gasteiger partial charge on any atom is 0.242 e. The molecule has 0 fully saturated rings. The normalized spacial score (nSPS) is 10.9. The summed E-state index contributed by atoms with van der Waals surface area (Å²) in [6.45, 7) is 2.51. The Balaban J connectivity index is 1.42. The second-order valence-corrected chi connectivity index (χ2v) is 9.09. The molecule has 180 valence electrons. The van der Waals surface area contributed by atoms with Gasteiger partial charge in [0, 0.05) is 36.5 Å². The van der Waals surface area contributed by atoms with Crippen LogP contribution in [0.3, 0.4) is 0 Å². The van der Waals surface area contributed by atoms with E-state index in [1.807, 2.05) is 103 Å². The highest BCUT2D eigenvalue weighted by Gasteiger charge is 2.19. The van der Waals surface area contributed by atoms with Crippen molar-refractivity contribution in [1.29, 1.82) is 0 Å². The number of hydrogen-bond acceptors (Lipinski definition) is 4. The molecule has 2 heterocycles. The molecule has 36 heavy (non-hydrogen) atoms. The highest BCUT2D eigenvalue weighted by molar-refractivity contribution is 7.71. The summed E-state index contributed by atoms with van der Waals surface area (Å²) < 4.78 is 4.02. The quantitative estimate of drug-likeness (QED) is 0.306. The first kappa shape index (κ1) is 23.4. The number of carbonyl (C=O) groups is 1. The van der Waals surface area contributed by atoms with E-state index in [9.17, 15) is 4.79 Å². The van der Waals surface area contributed by atoms with Gasteiger partial charge in [0.15, 0.2) is 10.6 Å². The lowest BCUT2D eigenvalue weighted by Crippen LogP contribution is -2.30. The lowest BCUT2D eigenvalue weighted by molar-refractivity contribution is -0.131. The molecule has 0 saturated carbocycles. The molecule has 0 unspecified atom stereocenters. The van der Waals surface area contributed by atoms with Crippen molar-refractivity contribution < 1.29 is 4.79 Å². The van der Waals surface area contributed by atoms with Gasteiger partial charge in [-0.2, -0.15) is 10.2 Å². The number of likely N-dealkylation sites (N-methyl/N-ethyl adjacent to an activating group) is 1. The van der Waals surface area contributed by atoms with Crippen molar-refractivity contribution in [2.75, 3.05) is 7.05 Å². The molecule has 5 rings (SSSR count). The number of rotatable bonds is 7. The number of benzene rings is 3. The van der Waals surface area contributed by atoms with Gasteiger partial charge in [0.25, 0.3) is 0 Å². The van der Waals surface area contributed by atoms with E-state index in [0.717, 1.165) is 33.6 Å². The summed E-state index contributed by atoms with van der Waals surface area (Å²) in [5.74, 6) is 0.570. The SMILES string of the molecule is Cc1cccc(-c2n[nH]c(=S)n2CC(=O)N(C)Cc2cn(-c3ccccc3)nc2-c2ccccc2)c1. The third-order valence-electron chi connectivity index (χ3n) is 6.02. The molecule has 0 spiro atoms.